The molecule has 0 unspecified atom stereocenters. The zero-order valence-corrected chi connectivity index (χ0v) is 12.8. The van der Waals surface area contributed by atoms with E-state index in [1.165, 1.54) is 11.1 Å². The Morgan fingerprint density at radius 3 is 2.62 bits per heavy atom. The van der Waals surface area contributed by atoms with E-state index >= 15 is 0 Å². The normalized spacial score (nSPS) is 13.9. The van der Waals surface area contributed by atoms with Gasteiger partial charge in [-0.25, -0.2) is 4.98 Å². The first kappa shape index (κ1) is 13.9. The van der Waals surface area contributed by atoms with Crippen LogP contribution in [0.4, 0.5) is 11.8 Å². The van der Waals surface area contributed by atoms with Gasteiger partial charge in [0, 0.05) is 32.4 Å². The van der Waals surface area contributed by atoms with Gasteiger partial charge in [-0.1, -0.05) is 24.3 Å². The third-order valence-electron chi connectivity index (χ3n) is 4.13. The molecule has 0 saturated heterocycles. The average molecular weight is 282 g/mol. The quantitative estimate of drug-likeness (QED) is 0.863. The van der Waals surface area contributed by atoms with Crippen LogP contribution in [-0.4, -0.2) is 29.6 Å². The SMILES string of the molecule is CCN(CC)c1nccc(N2CCc3ccccc3C2)n1. The fraction of sp³-hybridized carbons (Fsp3) is 0.412. The highest BCUT2D eigenvalue weighted by Crippen LogP contribution is 2.23. The molecule has 4 heteroatoms. The van der Waals surface area contributed by atoms with Crippen LogP contribution in [0, 0.1) is 0 Å². The number of aromatic nitrogens is 2. The second kappa shape index (κ2) is 6.12. The van der Waals surface area contributed by atoms with Crippen molar-refractivity contribution in [3.05, 3.63) is 47.7 Å². The Morgan fingerprint density at radius 1 is 1.10 bits per heavy atom. The van der Waals surface area contributed by atoms with Gasteiger partial charge in [0.2, 0.25) is 5.95 Å². The molecule has 0 bridgehead atoms. The number of anilines is 2. The molecule has 2 aromatic rings. The molecular formula is C17H22N4. The van der Waals surface area contributed by atoms with Crippen LogP contribution in [0.5, 0.6) is 0 Å². The van der Waals surface area contributed by atoms with Crippen molar-refractivity contribution in [3.8, 4) is 0 Å². The molecule has 0 N–H and O–H groups in total. The molecule has 110 valence electrons. The van der Waals surface area contributed by atoms with Gasteiger partial charge in [0.1, 0.15) is 5.82 Å². The van der Waals surface area contributed by atoms with Crippen molar-refractivity contribution in [2.75, 3.05) is 29.4 Å². The Bertz CT molecular complexity index is 607. The van der Waals surface area contributed by atoms with Crippen molar-refractivity contribution in [1.29, 1.82) is 0 Å². The molecule has 3 rings (SSSR count). The fourth-order valence-electron chi connectivity index (χ4n) is 2.87. The van der Waals surface area contributed by atoms with Crippen molar-refractivity contribution < 1.29 is 0 Å². The van der Waals surface area contributed by atoms with Gasteiger partial charge in [0.25, 0.3) is 0 Å². The van der Waals surface area contributed by atoms with Crippen LogP contribution in [0.25, 0.3) is 0 Å². The monoisotopic (exact) mass is 282 g/mol. The summed E-state index contributed by atoms with van der Waals surface area (Å²) in [5.41, 5.74) is 2.87. The first-order chi connectivity index (χ1) is 10.3. The highest BCUT2D eigenvalue weighted by atomic mass is 15.3. The first-order valence-corrected chi connectivity index (χ1v) is 7.71. The molecule has 21 heavy (non-hydrogen) atoms. The largest absolute Gasteiger partial charge is 0.352 e. The predicted octanol–water partition coefficient (Wildman–Crippen LogP) is 2.89. The predicted molar refractivity (Wildman–Crippen MR) is 86.8 cm³/mol. The first-order valence-electron chi connectivity index (χ1n) is 7.71. The zero-order valence-electron chi connectivity index (χ0n) is 12.8. The molecule has 0 amide bonds. The summed E-state index contributed by atoms with van der Waals surface area (Å²) in [6, 6.07) is 10.7. The third-order valence-corrected chi connectivity index (χ3v) is 4.13. The minimum Gasteiger partial charge on any atom is -0.352 e. The summed E-state index contributed by atoms with van der Waals surface area (Å²) in [7, 11) is 0. The van der Waals surface area contributed by atoms with Crippen molar-refractivity contribution in [2.24, 2.45) is 0 Å². The van der Waals surface area contributed by atoms with Gasteiger partial charge in [-0.15, -0.1) is 0 Å². The van der Waals surface area contributed by atoms with E-state index < -0.39 is 0 Å². The average Bonchev–Trinajstić information content (AvgIpc) is 2.56. The Labute approximate surface area is 126 Å². The second-order valence-electron chi connectivity index (χ2n) is 5.33. The van der Waals surface area contributed by atoms with E-state index in [-0.39, 0.29) is 0 Å². The molecule has 0 spiro atoms. The topological polar surface area (TPSA) is 32.3 Å². The number of benzene rings is 1. The molecular weight excluding hydrogens is 260 g/mol. The third kappa shape index (κ3) is 2.84. The van der Waals surface area contributed by atoms with Crippen molar-refractivity contribution in [2.45, 2.75) is 26.8 Å². The summed E-state index contributed by atoms with van der Waals surface area (Å²) in [6.07, 6.45) is 2.96. The molecule has 0 aliphatic carbocycles. The maximum Gasteiger partial charge on any atom is 0.227 e. The Morgan fingerprint density at radius 2 is 1.86 bits per heavy atom. The van der Waals surface area contributed by atoms with Gasteiger partial charge in [-0.05, 0) is 37.5 Å². The summed E-state index contributed by atoms with van der Waals surface area (Å²) in [5, 5.41) is 0. The molecule has 1 aliphatic heterocycles. The smallest absolute Gasteiger partial charge is 0.227 e. The molecule has 0 radical (unpaired) electrons. The highest BCUT2D eigenvalue weighted by molar-refractivity contribution is 5.47. The summed E-state index contributed by atoms with van der Waals surface area (Å²) >= 11 is 0. The van der Waals surface area contributed by atoms with Gasteiger partial charge in [-0.3, -0.25) is 0 Å². The number of rotatable bonds is 4. The summed E-state index contributed by atoms with van der Waals surface area (Å²) in [6.45, 7) is 8.09. The lowest BCUT2D eigenvalue weighted by Gasteiger charge is -2.30. The fourth-order valence-corrected chi connectivity index (χ4v) is 2.87. The van der Waals surface area contributed by atoms with E-state index in [0.717, 1.165) is 44.4 Å². The van der Waals surface area contributed by atoms with Crippen LogP contribution in [0.1, 0.15) is 25.0 Å². The van der Waals surface area contributed by atoms with Crippen LogP contribution in [0.2, 0.25) is 0 Å². The maximum atomic E-state index is 4.75. The van der Waals surface area contributed by atoms with E-state index in [4.69, 9.17) is 4.98 Å². The lowest BCUT2D eigenvalue weighted by Crippen LogP contribution is -2.32. The van der Waals surface area contributed by atoms with E-state index in [2.05, 4.69) is 52.9 Å². The minimum absolute atomic E-state index is 0.830. The Balaban J connectivity index is 1.84. The number of fused-ring (bicyclic) bond motifs is 1. The Kier molecular flexibility index (Phi) is 4.04. The van der Waals surface area contributed by atoms with E-state index in [1.54, 1.807) is 0 Å². The molecule has 1 aliphatic rings. The van der Waals surface area contributed by atoms with E-state index in [0.29, 0.717) is 0 Å². The van der Waals surface area contributed by atoms with Gasteiger partial charge >= 0.3 is 0 Å². The van der Waals surface area contributed by atoms with E-state index in [1.807, 2.05) is 12.3 Å². The molecule has 1 aromatic carbocycles. The number of hydrogen-bond acceptors (Lipinski definition) is 4. The molecule has 4 nitrogen and oxygen atoms in total. The molecule has 1 aromatic heterocycles. The van der Waals surface area contributed by atoms with Crippen LogP contribution in [0.3, 0.4) is 0 Å². The summed E-state index contributed by atoms with van der Waals surface area (Å²) < 4.78 is 0. The second-order valence-corrected chi connectivity index (χ2v) is 5.33. The highest BCUT2D eigenvalue weighted by Gasteiger charge is 2.18. The van der Waals surface area contributed by atoms with Gasteiger partial charge in [0.15, 0.2) is 0 Å². The van der Waals surface area contributed by atoms with Crippen molar-refractivity contribution in [3.63, 3.8) is 0 Å². The van der Waals surface area contributed by atoms with Crippen LogP contribution in [-0.2, 0) is 13.0 Å². The van der Waals surface area contributed by atoms with E-state index in [9.17, 15) is 0 Å². The maximum absolute atomic E-state index is 4.75. The zero-order chi connectivity index (χ0) is 14.7. The Hall–Kier alpha value is -2.10. The molecule has 2 heterocycles. The van der Waals surface area contributed by atoms with Crippen LogP contribution >= 0.6 is 0 Å². The minimum atomic E-state index is 0.830. The van der Waals surface area contributed by atoms with Crippen LogP contribution in [0.15, 0.2) is 36.5 Å². The molecule has 0 fully saturated rings. The molecule has 0 atom stereocenters. The summed E-state index contributed by atoms with van der Waals surface area (Å²) in [4.78, 5) is 13.7. The number of hydrogen-bond donors (Lipinski definition) is 0. The van der Waals surface area contributed by atoms with Gasteiger partial charge in [-0.2, -0.15) is 4.98 Å². The van der Waals surface area contributed by atoms with Gasteiger partial charge < -0.3 is 9.80 Å². The summed E-state index contributed by atoms with van der Waals surface area (Å²) in [5.74, 6) is 1.86. The molecule has 0 saturated carbocycles. The standard InChI is InChI=1S/C17H22N4/c1-3-20(4-2)17-18-11-9-16(19-17)21-12-10-14-7-5-6-8-15(14)13-21/h5-9,11H,3-4,10,12-13H2,1-2H3. The lowest BCUT2D eigenvalue weighted by molar-refractivity contribution is 0.715. The lowest BCUT2D eigenvalue weighted by atomic mass is 10.00. The number of nitrogens with zero attached hydrogens (tertiary/aromatic N) is 4. The van der Waals surface area contributed by atoms with Crippen LogP contribution < -0.4 is 9.80 Å². The van der Waals surface area contributed by atoms with Crippen molar-refractivity contribution in [1.82, 2.24) is 9.97 Å². The van der Waals surface area contributed by atoms with Gasteiger partial charge in [0.05, 0.1) is 0 Å². The van der Waals surface area contributed by atoms with Crippen molar-refractivity contribution >= 4 is 11.8 Å².